The van der Waals surface area contributed by atoms with Crippen LogP contribution in [0.15, 0.2) is 30.5 Å². The standard InChI is InChI=1S/C19H17N3O6S/c23-15(19(27)28)21-16-14(18(25)26)12-5-10(20-6-13(12)29-16)8-22-7-9-3-1-2-4-11(9)17(22)24/h1-4,7,10,20,24H,5-6,8H2,(H,21,23)(H,25,26)(H,27,28). The number of carbonyl (C=O) groups excluding carboxylic acids is 1. The van der Waals surface area contributed by atoms with E-state index in [1.165, 1.54) is 0 Å². The van der Waals surface area contributed by atoms with Crippen molar-refractivity contribution < 1.29 is 29.7 Å². The van der Waals surface area contributed by atoms with Crippen LogP contribution in [0, 0.1) is 0 Å². The number of rotatable bonds is 4. The first kappa shape index (κ1) is 19.0. The summed E-state index contributed by atoms with van der Waals surface area (Å²) in [5.41, 5.74) is 0.496. The maximum atomic E-state index is 11.8. The molecule has 0 saturated heterocycles. The van der Waals surface area contributed by atoms with E-state index in [4.69, 9.17) is 5.11 Å². The molecule has 4 rings (SSSR count). The number of carbonyl (C=O) groups is 3. The molecule has 0 fully saturated rings. The number of anilines is 1. The lowest BCUT2D eigenvalue weighted by atomic mass is 9.98. The molecule has 0 spiro atoms. The van der Waals surface area contributed by atoms with Gasteiger partial charge in [0.1, 0.15) is 5.00 Å². The molecule has 5 N–H and O–H groups in total. The predicted molar refractivity (Wildman–Crippen MR) is 105 cm³/mol. The van der Waals surface area contributed by atoms with Gasteiger partial charge in [0, 0.05) is 41.0 Å². The van der Waals surface area contributed by atoms with Gasteiger partial charge in [-0.25, -0.2) is 9.59 Å². The fourth-order valence-corrected chi connectivity index (χ4v) is 4.77. The summed E-state index contributed by atoms with van der Waals surface area (Å²) in [6.07, 6.45) is 2.20. The number of carboxylic acids is 2. The molecule has 1 unspecified atom stereocenters. The second-order valence-corrected chi connectivity index (χ2v) is 7.85. The first-order chi connectivity index (χ1) is 13.8. The average molecular weight is 415 g/mol. The van der Waals surface area contributed by atoms with Crippen molar-refractivity contribution in [3.63, 3.8) is 0 Å². The lowest BCUT2D eigenvalue weighted by Gasteiger charge is -2.25. The largest absolute Gasteiger partial charge is 0.494 e. The van der Waals surface area contributed by atoms with Crippen LogP contribution < -0.4 is 10.6 Å². The Morgan fingerprint density at radius 2 is 2.00 bits per heavy atom. The Bertz CT molecular complexity index is 1150. The van der Waals surface area contributed by atoms with Crippen molar-refractivity contribution in [3.05, 3.63) is 46.5 Å². The summed E-state index contributed by atoms with van der Waals surface area (Å²) in [5.74, 6) is -4.04. The van der Waals surface area contributed by atoms with Crippen LogP contribution in [0.4, 0.5) is 5.00 Å². The smallest absolute Gasteiger partial charge is 0.394 e. The van der Waals surface area contributed by atoms with Crippen molar-refractivity contribution in [1.29, 1.82) is 0 Å². The number of aromatic nitrogens is 1. The molecule has 10 heteroatoms. The highest BCUT2D eigenvalue weighted by atomic mass is 32.1. The minimum absolute atomic E-state index is 0.0203. The van der Waals surface area contributed by atoms with Gasteiger partial charge in [-0.1, -0.05) is 18.2 Å². The maximum Gasteiger partial charge on any atom is 0.394 e. The van der Waals surface area contributed by atoms with Crippen molar-refractivity contribution in [2.75, 3.05) is 5.32 Å². The van der Waals surface area contributed by atoms with Gasteiger partial charge in [0.2, 0.25) is 0 Å². The van der Waals surface area contributed by atoms with Gasteiger partial charge in [0.15, 0.2) is 5.88 Å². The Hall–Kier alpha value is -3.37. The Kier molecular flexibility index (Phi) is 4.73. The Morgan fingerprint density at radius 3 is 2.69 bits per heavy atom. The average Bonchev–Trinajstić information content (AvgIpc) is 3.19. The molecule has 0 bridgehead atoms. The Balaban J connectivity index is 1.61. The maximum absolute atomic E-state index is 11.8. The summed E-state index contributed by atoms with van der Waals surface area (Å²) in [7, 11) is 0. The second-order valence-electron chi connectivity index (χ2n) is 6.75. The number of thiophene rings is 1. The number of amides is 1. The monoisotopic (exact) mass is 415 g/mol. The third kappa shape index (κ3) is 3.43. The summed E-state index contributed by atoms with van der Waals surface area (Å²) in [6.45, 7) is 0.807. The molecule has 3 aromatic rings. The first-order valence-corrected chi connectivity index (χ1v) is 9.59. The molecule has 1 amide bonds. The Morgan fingerprint density at radius 1 is 1.24 bits per heavy atom. The van der Waals surface area contributed by atoms with Gasteiger partial charge >= 0.3 is 17.8 Å². The van der Waals surface area contributed by atoms with Crippen LogP contribution in [0.3, 0.4) is 0 Å². The molecular weight excluding hydrogens is 398 g/mol. The van der Waals surface area contributed by atoms with Crippen LogP contribution >= 0.6 is 11.3 Å². The van der Waals surface area contributed by atoms with Crippen LogP contribution in [-0.2, 0) is 29.1 Å². The van der Waals surface area contributed by atoms with Gasteiger partial charge in [0.05, 0.1) is 5.56 Å². The van der Waals surface area contributed by atoms with E-state index < -0.39 is 17.8 Å². The minimum atomic E-state index is -1.68. The van der Waals surface area contributed by atoms with Crippen LogP contribution in [0.2, 0.25) is 0 Å². The number of hydrogen-bond donors (Lipinski definition) is 5. The lowest BCUT2D eigenvalue weighted by Crippen LogP contribution is -2.38. The normalized spacial score (nSPS) is 15.8. The van der Waals surface area contributed by atoms with E-state index in [-0.39, 0.29) is 22.5 Å². The van der Waals surface area contributed by atoms with E-state index in [0.717, 1.165) is 27.0 Å². The number of hydrogen-bond acceptors (Lipinski definition) is 6. The quantitative estimate of drug-likeness (QED) is 0.410. The molecule has 1 aliphatic rings. The van der Waals surface area contributed by atoms with Crippen LogP contribution in [0.1, 0.15) is 20.8 Å². The molecule has 1 aromatic carbocycles. The van der Waals surface area contributed by atoms with Gasteiger partial charge in [-0.15, -0.1) is 11.3 Å². The number of nitrogens with zero attached hydrogens (tertiary/aromatic N) is 1. The number of carboxylic acid groups (broad SMARTS) is 2. The summed E-state index contributed by atoms with van der Waals surface area (Å²) in [5, 5.41) is 36.0. The van der Waals surface area contributed by atoms with Crippen molar-refractivity contribution in [1.82, 2.24) is 9.88 Å². The Labute approximate surface area is 168 Å². The first-order valence-electron chi connectivity index (χ1n) is 8.77. The third-order valence-corrected chi connectivity index (χ3v) is 6.06. The molecule has 0 saturated carbocycles. The molecular formula is C19H17N3O6S. The number of aliphatic carboxylic acids is 1. The van der Waals surface area contributed by atoms with Crippen molar-refractivity contribution in [3.8, 4) is 5.88 Å². The molecule has 29 heavy (non-hydrogen) atoms. The molecule has 0 radical (unpaired) electrons. The zero-order valence-electron chi connectivity index (χ0n) is 15.0. The summed E-state index contributed by atoms with van der Waals surface area (Å²) in [6, 6.07) is 7.30. The van der Waals surface area contributed by atoms with Crippen molar-refractivity contribution in [2.24, 2.45) is 0 Å². The number of aromatic hydroxyl groups is 1. The third-order valence-electron chi connectivity index (χ3n) is 4.91. The van der Waals surface area contributed by atoms with E-state index >= 15 is 0 Å². The topological polar surface area (TPSA) is 141 Å². The number of benzene rings is 1. The van der Waals surface area contributed by atoms with E-state index in [2.05, 4.69) is 10.6 Å². The van der Waals surface area contributed by atoms with E-state index in [9.17, 15) is 24.6 Å². The van der Waals surface area contributed by atoms with Gasteiger partial charge in [-0.05, 0) is 18.1 Å². The van der Waals surface area contributed by atoms with Gasteiger partial charge in [0.25, 0.3) is 0 Å². The molecule has 9 nitrogen and oxygen atoms in total. The summed E-state index contributed by atoms with van der Waals surface area (Å²) < 4.78 is 1.72. The van der Waals surface area contributed by atoms with Gasteiger partial charge < -0.3 is 30.5 Å². The van der Waals surface area contributed by atoms with Crippen molar-refractivity contribution in [2.45, 2.75) is 25.6 Å². The highest BCUT2D eigenvalue weighted by molar-refractivity contribution is 7.17. The van der Waals surface area contributed by atoms with Gasteiger partial charge in [-0.3, -0.25) is 4.79 Å². The minimum Gasteiger partial charge on any atom is -0.494 e. The molecule has 0 aliphatic carbocycles. The molecule has 2 aromatic heterocycles. The highest BCUT2D eigenvalue weighted by Crippen LogP contribution is 2.37. The van der Waals surface area contributed by atoms with Crippen LogP contribution in [-0.4, -0.2) is 43.8 Å². The highest BCUT2D eigenvalue weighted by Gasteiger charge is 2.30. The second kappa shape index (κ2) is 7.22. The molecule has 1 aliphatic heterocycles. The number of aromatic carboxylic acids is 1. The molecule has 150 valence electrons. The fraction of sp³-hybridized carbons (Fsp3) is 0.211. The molecule has 1 atom stereocenters. The molecule has 3 heterocycles. The van der Waals surface area contributed by atoms with Crippen molar-refractivity contribution >= 4 is 45.0 Å². The van der Waals surface area contributed by atoms with E-state index in [1.54, 1.807) is 4.57 Å². The SMILES string of the molecule is O=C(O)C(=O)Nc1sc2c(c1C(=O)O)CC(Cn1cc3ccccc3c1O)NC2. The zero-order chi connectivity index (χ0) is 20.7. The van der Waals surface area contributed by atoms with Crippen LogP contribution in [0.5, 0.6) is 5.88 Å². The summed E-state index contributed by atoms with van der Waals surface area (Å²) in [4.78, 5) is 34.8. The van der Waals surface area contributed by atoms with E-state index in [0.29, 0.717) is 25.1 Å². The summed E-state index contributed by atoms with van der Waals surface area (Å²) >= 11 is 1.06. The number of fused-ring (bicyclic) bond motifs is 2. The van der Waals surface area contributed by atoms with E-state index in [1.807, 2.05) is 30.5 Å². The van der Waals surface area contributed by atoms with Crippen LogP contribution in [0.25, 0.3) is 10.8 Å². The predicted octanol–water partition coefficient (Wildman–Crippen LogP) is 1.84. The fourth-order valence-electron chi connectivity index (χ4n) is 3.60. The lowest BCUT2D eigenvalue weighted by molar-refractivity contribution is -0.147. The zero-order valence-corrected chi connectivity index (χ0v) is 15.8. The van der Waals surface area contributed by atoms with Gasteiger partial charge in [-0.2, -0.15) is 0 Å². The number of nitrogens with one attached hydrogen (secondary N) is 2.